The fourth-order valence-corrected chi connectivity index (χ4v) is 1.92. The molecule has 0 atom stereocenters. The quantitative estimate of drug-likeness (QED) is 0.844. The van der Waals surface area contributed by atoms with E-state index < -0.39 is 12.2 Å². The molecule has 0 radical (unpaired) electrons. The number of nitrogens with one attached hydrogen (secondary N) is 1. The van der Waals surface area contributed by atoms with Gasteiger partial charge in [0.2, 0.25) is 0 Å². The first-order valence-corrected chi connectivity index (χ1v) is 7.18. The van der Waals surface area contributed by atoms with E-state index in [-0.39, 0.29) is 17.9 Å². The number of aryl methyl sites for hydroxylation is 1. The minimum absolute atomic E-state index is 0.159. The van der Waals surface area contributed by atoms with Gasteiger partial charge in [-0.25, -0.2) is 0 Å². The van der Waals surface area contributed by atoms with Crippen LogP contribution in [0.25, 0.3) is 0 Å². The molecular formula is C15H26FN3O2. The Morgan fingerprint density at radius 3 is 2.48 bits per heavy atom. The van der Waals surface area contributed by atoms with Crippen LogP contribution in [0.15, 0.2) is 6.07 Å². The molecule has 6 heteroatoms. The molecule has 0 aliphatic carbocycles. The Balaban J connectivity index is 3.04. The van der Waals surface area contributed by atoms with Crippen molar-refractivity contribution < 1.29 is 14.3 Å². The zero-order valence-electron chi connectivity index (χ0n) is 13.5. The maximum Gasteiger partial charge on any atom is 0.272 e. The van der Waals surface area contributed by atoms with Crippen LogP contribution in [-0.4, -0.2) is 39.6 Å². The molecule has 5 nitrogen and oxygen atoms in total. The van der Waals surface area contributed by atoms with E-state index in [4.69, 9.17) is 0 Å². The number of amides is 1. The highest BCUT2D eigenvalue weighted by Gasteiger charge is 2.26. The average Bonchev–Trinajstić information content (AvgIpc) is 2.80. The van der Waals surface area contributed by atoms with E-state index in [1.54, 1.807) is 24.6 Å². The van der Waals surface area contributed by atoms with Gasteiger partial charge in [-0.2, -0.15) is 5.10 Å². The molecule has 0 unspecified atom stereocenters. The molecule has 1 rings (SSSR count). The van der Waals surface area contributed by atoms with Gasteiger partial charge in [0.15, 0.2) is 0 Å². The molecule has 0 aliphatic heterocycles. The summed E-state index contributed by atoms with van der Waals surface area (Å²) in [6, 6.07) is 1.74. The normalized spacial score (nSPS) is 12.5. The highest BCUT2D eigenvalue weighted by molar-refractivity contribution is 5.92. The summed E-state index contributed by atoms with van der Waals surface area (Å²) >= 11 is 0. The predicted octanol–water partition coefficient (Wildman–Crippen LogP) is 2.04. The van der Waals surface area contributed by atoms with E-state index in [1.165, 1.54) is 0 Å². The smallest absolute Gasteiger partial charge is 0.272 e. The zero-order valence-corrected chi connectivity index (χ0v) is 13.5. The standard InChI is InChI=1S/C15H26FN3O2/c1-14(2,3)12-9-11(18-19(12)8-6-7-16)13(21)17-15(4,5)10-20/h9,20H,6-8,10H2,1-5H3,(H,17,21). The molecule has 0 spiro atoms. The van der Waals surface area contributed by atoms with Gasteiger partial charge in [-0.05, 0) is 26.3 Å². The molecule has 0 saturated heterocycles. The summed E-state index contributed by atoms with van der Waals surface area (Å²) in [7, 11) is 0. The number of halogens is 1. The summed E-state index contributed by atoms with van der Waals surface area (Å²) in [5.74, 6) is -0.335. The van der Waals surface area contributed by atoms with Gasteiger partial charge in [-0.15, -0.1) is 0 Å². The number of hydrogen-bond acceptors (Lipinski definition) is 3. The third-order valence-corrected chi connectivity index (χ3v) is 3.13. The number of hydrogen-bond donors (Lipinski definition) is 2. The molecular weight excluding hydrogens is 273 g/mol. The maximum absolute atomic E-state index is 12.4. The van der Waals surface area contributed by atoms with E-state index in [2.05, 4.69) is 10.4 Å². The lowest BCUT2D eigenvalue weighted by Crippen LogP contribution is -2.46. The predicted molar refractivity (Wildman–Crippen MR) is 80.2 cm³/mol. The monoisotopic (exact) mass is 299 g/mol. The van der Waals surface area contributed by atoms with Crippen molar-refractivity contribution in [2.75, 3.05) is 13.3 Å². The number of alkyl halides is 1. The number of aliphatic hydroxyl groups is 1. The molecule has 120 valence electrons. The third-order valence-electron chi connectivity index (χ3n) is 3.13. The summed E-state index contributed by atoms with van der Waals surface area (Å²) in [5.41, 5.74) is 0.291. The van der Waals surface area contributed by atoms with Crippen LogP contribution in [0.4, 0.5) is 4.39 Å². The van der Waals surface area contributed by atoms with Gasteiger partial charge in [-0.3, -0.25) is 13.9 Å². The van der Waals surface area contributed by atoms with Crippen molar-refractivity contribution in [1.29, 1.82) is 0 Å². The fourth-order valence-electron chi connectivity index (χ4n) is 1.92. The lowest BCUT2D eigenvalue weighted by molar-refractivity contribution is 0.0863. The average molecular weight is 299 g/mol. The van der Waals surface area contributed by atoms with Crippen LogP contribution in [0.5, 0.6) is 0 Å². The zero-order chi connectivity index (χ0) is 16.3. The molecule has 1 aromatic heterocycles. The van der Waals surface area contributed by atoms with Crippen molar-refractivity contribution in [1.82, 2.24) is 15.1 Å². The van der Waals surface area contributed by atoms with Crippen LogP contribution in [0.1, 0.15) is 57.2 Å². The van der Waals surface area contributed by atoms with Crippen molar-refractivity contribution in [2.24, 2.45) is 0 Å². The first-order valence-electron chi connectivity index (χ1n) is 7.18. The van der Waals surface area contributed by atoms with Crippen molar-refractivity contribution >= 4 is 5.91 Å². The number of aliphatic hydroxyl groups excluding tert-OH is 1. The Labute approximate surface area is 125 Å². The number of carbonyl (C=O) groups excluding carboxylic acids is 1. The first kappa shape index (κ1) is 17.6. The van der Waals surface area contributed by atoms with Gasteiger partial charge in [0.1, 0.15) is 5.69 Å². The van der Waals surface area contributed by atoms with Crippen molar-refractivity contribution in [3.63, 3.8) is 0 Å². The van der Waals surface area contributed by atoms with Gasteiger partial charge < -0.3 is 10.4 Å². The van der Waals surface area contributed by atoms with Crippen LogP contribution < -0.4 is 5.32 Å². The summed E-state index contributed by atoms with van der Waals surface area (Å²) in [6.45, 7) is 9.40. The molecule has 1 amide bonds. The second-order valence-electron chi connectivity index (χ2n) is 6.93. The Bertz CT molecular complexity index is 490. The summed E-state index contributed by atoms with van der Waals surface area (Å²) in [5, 5.41) is 16.2. The number of rotatable bonds is 6. The Hall–Kier alpha value is -1.43. The van der Waals surface area contributed by atoms with Gasteiger partial charge >= 0.3 is 0 Å². The van der Waals surface area contributed by atoms with Crippen LogP contribution in [-0.2, 0) is 12.0 Å². The Morgan fingerprint density at radius 2 is 2.00 bits per heavy atom. The van der Waals surface area contributed by atoms with Gasteiger partial charge in [0.25, 0.3) is 5.91 Å². The van der Waals surface area contributed by atoms with E-state index in [9.17, 15) is 14.3 Å². The SMILES string of the molecule is CC(C)(CO)NC(=O)c1cc(C(C)(C)C)n(CCCF)n1. The van der Waals surface area contributed by atoms with Gasteiger partial charge in [-0.1, -0.05) is 20.8 Å². The second-order valence-corrected chi connectivity index (χ2v) is 6.93. The minimum atomic E-state index is -0.707. The fraction of sp³-hybridized carbons (Fsp3) is 0.733. The summed E-state index contributed by atoms with van der Waals surface area (Å²) in [6.07, 6.45) is 0.369. The molecule has 0 bridgehead atoms. The molecule has 1 heterocycles. The van der Waals surface area contributed by atoms with Crippen LogP contribution in [0.3, 0.4) is 0 Å². The minimum Gasteiger partial charge on any atom is -0.394 e. The van der Waals surface area contributed by atoms with E-state index in [1.807, 2.05) is 20.8 Å². The van der Waals surface area contributed by atoms with E-state index in [0.717, 1.165) is 5.69 Å². The highest BCUT2D eigenvalue weighted by atomic mass is 19.1. The lowest BCUT2D eigenvalue weighted by Gasteiger charge is -2.22. The molecule has 0 aliphatic rings. The summed E-state index contributed by atoms with van der Waals surface area (Å²) in [4.78, 5) is 12.2. The third kappa shape index (κ3) is 4.81. The summed E-state index contributed by atoms with van der Waals surface area (Å²) < 4.78 is 14.1. The second kappa shape index (κ2) is 6.56. The Morgan fingerprint density at radius 1 is 1.38 bits per heavy atom. The number of nitrogens with zero attached hydrogens (tertiary/aromatic N) is 2. The molecule has 1 aromatic rings. The molecule has 0 fully saturated rings. The van der Waals surface area contributed by atoms with Gasteiger partial charge in [0.05, 0.1) is 18.8 Å². The largest absolute Gasteiger partial charge is 0.394 e. The van der Waals surface area contributed by atoms with Crippen molar-refractivity contribution in [2.45, 2.75) is 58.5 Å². The van der Waals surface area contributed by atoms with Gasteiger partial charge in [0, 0.05) is 17.7 Å². The van der Waals surface area contributed by atoms with Crippen molar-refractivity contribution in [3.8, 4) is 0 Å². The molecule has 0 aromatic carbocycles. The van der Waals surface area contributed by atoms with E-state index in [0.29, 0.717) is 18.7 Å². The topological polar surface area (TPSA) is 67.2 Å². The molecule has 0 saturated carbocycles. The molecule has 21 heavy (non-hydrogen) atoms. The Kier molecular flexibility index (Phi) is 5.50. The number of aromatic nitrogens is 2. The lowest BCUT2D eigenvalue weighted by atomic mass is 9.91. The van der Waals surface area contributed by atoms with Crippen LogP contribution in [0, 0.1) is 0 Å². The van der Waals surface area contributed by atoms with Crippen molar-refractivity contribution in [3.05, 3.63) is 17.5 Å². The van der Waals surface area contributed by atoms with E-state index >= 15 is 0 Å². The molecule has 2 N–H and O–H groups in total. The van der Waals surface area contributed by atoms with Crippen LogP contribution in [0.2, 0.25) is 0 Å². The highest BCUT2D eigenvalue weighted by Crippen LogP contribution is 2.23. The maximum atomic E-state index is 12.4. The first-order chi connectivity index (χ1) is 9.60. The van der Waals surface area contributed by atoms with Crippen LogP contribution >= 0.6 is 0 Å². The number of carbonyl (C=O) groups is 1.